The van der Waals surface area contributed by atoms with Crippen LogP contribution in [0.15, 0.2) is 43.0 Å². The van der Waals surface area contributed by atoms with E-state index in [2.05, 4.69) is 13.5 Å². The van der Waals surface area contributed by atoms with Crippen molar-refractivity contribution in [2.75, 3.05) is 0 Å². The highest BCUT2D eigenvalue weighted by molar-refractivity contribution is 6.10. The standard InChI is InChI=1S/C18H24O2/c1-4-6-8-11-15(5-2)17(14(3)19)18(20)16-12-9-7-10-13-16/h5,7,9-10,12-13,15,17H,2,4,6,8,11H2,1,3H3. The fourth-order valence-corrected chi connectivity index (χ4v) is 2.51. The van der Waals surface area contributed by atoms with Crippen molar-refractivity contribution in [3.05, 3.63) is 48.6 Å². The number of hydrogen-bond donors (Lipinski definition) is 0. The highest BCUT2D eigenvalue weighted by atomic mass is 16.1. The molecule has 20 heavy (non-hydrogen) atoms. The molecule has 1 aromatic carbocycles. The molecular weight excluding hydrogens is 248 g/mol. The molecule has 0 N–H and O–H groups in total. The van der Waals surface area contributed by atoms with Gasteiger partial charge in [0.15, 0.2) is 5.78 Å². The van der Waals surface area contributed by atoms with E-state index in [0.717, 1.165) is 25.7 Å². The van der Waals surface area contributed by atoms with E-state index in [1.807, 2.05) is 18.2 Å². The Morgan fingerprint density at radius 1 is 1.20 bits per heavy atom. The number of carbonyl (C=O) groups is 2. The van der Waals surface area contributed by atoms with Gasteiger partial charge in [-0.05, 0) is 19.3 Å². The summed E-state index contributed by atoms with van der Waals surface area (Å²) in [6, 6.07) is 9.05. The molecule has 0 heterocycles. The Labute approximate surface area is 121 Å². The summed E-state index contributed by atoms with van der Waals surface area (Å²) >= 11 is 0. The zero-order valence-corrected chi connectivity index (χ0v) is 12.5. The average molecular weight is 272 g/mol. The number of unbranched alkanes of at least 4 members (excludes halogenated alkanes) is 2. The molecule has 2 unspecified atom stereocenters. The smallest absolute Gasteiger partial charge is 0.173 e. The number of carbonyl (C=O) groups excluding carboxylic acids is 2. The van der Waals surface area contributed by atoms with Crippen molar-refractivity contribution in [2.45, 2.75) is 39.5 Å². The van der Waals surface area contributed by atoms with E-state index in [-0.39, 0.29) is 17.5 Å². The van der Waals surface area contributed by atoms with Crippen molar-refractivity contribution in [1.29, 1.82) is 0 Å². The third-order valence-electron chi connectivity index (χ3n) is 3.65. The van der Waals surface area contributed by atoms with Gasteiger partial charge in [0.05, 0.1) is 5.92 Å². The van der Waals surface area contributed by atoms with E-state index in [0.29, 0.717) is 5.56 Å². The lowest BCUT2D eigenvalue weighted by molar-refractivity contribution is -0.120. The molecule has 2 atom stereocenters. The molecule has 0 amide bonds. The summed E-state index contributed by atoms with van der Waals surface area (Å²) in [6.07, 6.45) is 5.89. The Hall–Kier alpha value is -1.70. The van der Waals surface area contributed by atoms with Crippen LogP contribution in [-0.4, -0.2) is 11.6 Å². The molecular formula is C18H24O2. The molecule has 2 nitrogen and oxygen atoms in total. The van der Waals surface area contributed by atoms with E-state index in [1.54, 1.807) is 18.2 Å². The van der Waals surface area contributed by atoms with Gasteiger partial charge in [-0.25, -0.2) is 0 Å². The van der Waals surface area contributed by atoms with Crippen molar-refractivity contribution in [2.24, 2.45) is 11.8 Å². The second kappa shape index (κ2) is 8.47. The first-order chi connectivity index (χ1) is 9.61. The minimum absolute atomic E-state index is 0.0632. The summed E-state index contributed by atoms with van der Waals surface area (Å²) in [7, 11) is 0. The van der Waals surface area contributed by atoms with E-state index in [9.17, 15) is 9.59 Å². The summed E-state index contributed by atoms with van der Waals surface area (Å²) in [5, 5.41) is 0. The number of ketones is 2. The van der Waals surface area contributed by atoms with Crippen LogP contribution in [0.5, 0.6) is 0 Å². The number of rotatable bonds is 9. The van der Waals surface area contributed by atoms with Crippen molar-refractivity contribution in [1.82, 2.24) is 0 Å². The highest BCUT2D eigenvalue weighted by Gasteiger charge is 2.30. The predicted molar refractivity (Wildman–Crippen MR) is 82.8 cm³/mol. The van der Waals surface area contributed by atoms with Gasteiger partial charge >= 0.3 is 0 Å². The van der Waals surface area contributed by atoms with Crippen LogP contribution >= 0.6 is 0 Å². The molecule has 0 saturated heterocycles. The number of allylic oxidation sites excluding steroid dienone is 1. The number of hydrogen-bond acceptors (Lipinski definition) is 2. The zero-order valence-electron chi connectivity index (χ0n) is 12.5. The van der Waals surface area contributed by atoms with Crippen LogP contribution in [0.2, 0.25) is 0 Å². The lowest BCUT2D eigenvalue weighted by atomic mass is 9.80. The van der Waals surface area contributed by atoms with Crippen LogP contribution in [0.1, 0.15) is 49.9 Å². The van der Waals surface area contributed by atoms with E-state index >= 15 is 0 Å². The number of benzene rings is 1. The lowest BCUT2D eigenvalue weighted by Gasteiger charge is -2.21. The van der Waals surface area contributed by atoms with Crippen molar-refractivity contribution >= 4 is 11.6 Å². The fourth-order valence-electron chi connectivity index (χ4n) is 2.51. The van der Waals surface area contributed by atoms with Gasteiger partial charge in [-0.2, -0.15) is 0 Å². The molecule has 0 fully saturated rings. The van der Waals surface area contributed by atoms with Gasteiger partial charge in [0, 0.05) is 5.56 Å². The van der Waals surface area contributed by atoms with E-state index in [1.165, 1.54) is 6.92 Å². The predicted octanol–water partition coefficient (Wildman–Crippen LogP) is 4.46. The number of Topliss-reactive ketones (excluding diaryl/α,β-unsaturated/α-hetero) is 2. The highest BCUT2D eigenvalue weighted by Crippen LogP contribution is 2.25. The van der Waals surface area contributed by atoms with E-state index < -0.39 is 5.92 Å². The molecule has 0 aromatic heterocycles. The van der Waals surface area contributed by atoms with Gasteiger partial charge in [0.25, 0.3) is 0 Å². The van der Waals surface area contributed by atoms with Crippen LogP contribution in [-0.2, 0) is 4.79 Å². The Kier molecular flexibility index (Phi) is 6.92. The van der Waals surface area contributed by atoms with Crippen LogP contribution < -0.4 is 0 Å². The maximum Gasteiger partial charge on any atom is 0.173 e. The van der Waals surface area contributed by atoms with Gasteiger partial charge in [-0.3, -0.25) is 9.59 Å². The largest absolute Gasteiger partial charge is 0.299 e. The van der Waals surface area contributed by atoms with Crippen LogP contribution in [0.3, 0.4) is 0 Å². The van der Waals surface area contributed by atoms with Crippen molar-refractivity contribution < 1.29 is 9.59 Å². The molecule has 0 saturated carbocycles. The van der Waals surface area contributed by atoms with Crippen LogP contribution in [0, 0.1) is 11.8 Å². The van der Waals surface area contributed by atoms with Gasteiger partial charge < -0.3 is 0 Å². The summed E-state index contributed by atoms with van der Waals surface area (Å²) < 4.78 is 0. The molecule has 0 aliphatic carbocycles. The fraction of sp³-hybridized carbons (Fsp3) is 0.444. The minimum atomic E-state index is -0.591. The molecule has 0 spiro atoms. The minimum Gasteiger partial charge on any atom is -0.299 e. The molecule has 1 aromatic rings. The Balaban J connectivity index is 2.89. The Bertz CT molecular complexity index is 448. The Morgan fingerprint density at radius 3 is 2.35 bits per heavy atom. The van der Waals surface area contributed by atoms with Crippen LogP contribution in [0.25, 0.3) is 0 Å². The topological polar surface area (TPSA) is 34.1 Å². The maximum atomic E-state index is 12.6. The van der Waals surface area contributed by atoms with Crippen LogP contribution in [0.4, 0.5) is 0 Å². The molecule has 2 heteroatoms. The summed E-state index contributed by atoms with van der Waals surface area (Å²) in [5.41, 5.74) is 0.607. The molecule has 1 rings (SSSR count). The SMILES string of the molecule is C=CC(CCCCC)C(C(C)=O)C(=O)c1ccccc1. The molecule has 108 valence electrons. The van der Waals surface area contributed by atoms with Crippen molar-refractivity contribution in [3.8, 4) is 0 Å². The van der Waals surface area contributed by atoms with E-state index in [4.69, 9.17) is 0 Å². The first kappa shape index (κ1) is 16.4. The maximum absolute atomic E-state index is 12.6. The summed E-state index contributed by atoms with van der Waals surface area (Å²) in [4.78, 5) is 24.5. The first-order valence-electron chi connectivity index (χ1n) is 7.34. The average Bonchev–Trinajstić information content (AvgIpc) is 2.46. The van der Waals surface area contributed by atoms with Gasteiger partial charge in [0.2, 0.25) is 0 Å². The lowest BCUT2D eigenvalue weighted by Crippen LogP contribution is -2.29. The molecule has 0 aliphatic rings. The zero-order chi connectivity index (χ0) is 15.0. The summed E-state index contributed by atoms with van der Waals surface area (Å²) in [6.45, 7) is 7.46. The second-order valence-electron chi connectivity index (χ2n) is 5.21. The summed E-state index contributed by atoms with van der Waals surface area (Å²) in [5.74, 6) is -0.807. The third kappa shape index (κ3) is 4.44. The van der Waals surface area contributed by atoms with Gasteiger partial charge in [0.1, 0.15) is 5.78 Å². The monoisotopic (exact) mass is 272 g/mol. The third-order valence-corrected chi connectivity index (χ3v) is 3.65. The molecule has 0 radical (unpaired) electrons. The second-order valence-corrected chi connectivity index (χ2v) is 5.21. The normalized spacial score (nSPS) is 13.5. The first-order valence-corrected chi connectivity index (χ1v) is 7.34. The molecule has 0 aliphatic heterocycles. The Morgan fingerprint density at radius 2 is 1.85 bits per heavy atom. The molecule has 0 bridgehead atoms. The van der Waals surface area contributed by atoms with Crippen molar-refractivity contribution in [3.63, 3.8) is 0 Å². The van der Waals surface area contributed by atoms with Gasteiger partial charge in [-0.15, -0.1) is 6.58 Å². The quantitative estimate of drug-likeness (QED) is 0.288. The van der Waals surface area contributed by atoms with Gasteiger partial charge in [-0.1, -0.05) is 62.6 Å².